The van der Waals surface area contributed by atoms with E-state index in [0.717, 1.165) is 0 Å². The van der Waals surface area contributed by atoms with Gasteiger partial charge in [-0.1, -0.05) is 70.9 Å². The zero-order valence-electron chi connectivity index (χ0n) is 9.52. The van der Waals surface area contributed by atoms with Crippen LogP contribution >= 0.6 is 0 Å². The van der Waals surface area contributed by atoms with Gasteiger partial charge in [-0.25, -0.2) is 0 Å². The van der Waals surface area contributed by atoms with Gasteiger partial charge in [0.2, 0.25) is 0 Å². The SMILES string of the molecule is CCC[SiH](CCC)C1CCCCC1. The Kier molecular flexibility index (Phi) is 5.77. The largest absolute Gasteiger partial charge is 0.0657 e. The molecule has 0 aromatic rings. The summed E-state index contributed by atoms with van der Waals surface area (Å²) in [6, 6.07) is 3.25. The topological polar surface area (TPSA) is 0 Å². The summed E-state index contributed by atoms with van der Waals surface area (Å²) in [5, 5.41) is 0. The summed E-state index contributed by atoms with van der Waals surface area (Å²) in [7, 11) is -0.315. The molecule has 1 saturated carbocycles. The Balaban J connectivity index is 2.32. The van der Waals surface area contributed by atoms with Crippen LogP contribution in [0.25, 0.3) is 0 Å². The summed E-state index contributed by atoms with van der Waals surface area (Å²) < 4.78 is 0. The normalized spacial score (nSPS) is 19.6. The van der Waals surface area contributed by atoms with E-state index in [2.05, 4.69) is 13.8 Å². The summed E-state index contributed by atoms with van der Waals surface area (Å²) in [5.74, 6) is 0. The van der Waals surface area contributed by atoms with Crippen molar-refractivity contribution in [1.82, 2.24) is 0 Å². The molecule has 0 aromatic heterocycles. The highest BCUT2D eigenvalue weighted by molar-refractivity contribution is 6.60. The number of hydrogen-bond donors (Lipinski definition) is 0. The van der Waals surface area contributed by atoms with Gasteiger partial charge in [0.05, 0.1) is 0 Å². The van der Waals surface area contributed by atoms with Crippen molar-refractivity contribution in [3.63, 3.8) is 0 Å². The average molecular weight is 198 g/mol. The fourth-order valence-corrected chi connectivity index (χ4v) is 7.09. The van der Waals surface area contributed by atoms with Crippen LogP contribution in [0.5, 0.6) is 0 Å². The van der Waals surface area contributed by atoms with Crippen LogP contribution in [0.2, 0.25) is 17.6 Å². The van der Waals surface area contributed by atoms with E-state index in [-0.39, 0.29) is 8.80 Å². The fourth-order valence-electron chi connectivity index (χ4n) is 2.96. The standard InChI is InChI=1S/C12H26Si/c1-3-10-13(11-4-2)12-8-6-5-7-9-12/h12-13H,3-11H2,1-2H3. The van der Waals surface area contributed by atoms with E-state index in [4.69, 9.17) is 0 Å². The molecule has 1 rings (SSSR count). The van der Waals surface area contributed by atoms with Gasteiger partial charge in [-0.3, -0.25) is 0 Å². The van der Waals surface area contributed by atoms with Gasteiger partial charge >= 0.3 is 0 Å². The third kappa shape index (κ3) is 3.84. The lowest BCUT2D eigenvalue weighted by Crippen LogP contribution is -2.22. The van der Waals surface area contributed by atoms with Crippen molar-refractivity contribution in [3.05, 3.63) is 0 Å². The summed E-state index contributed by atoms with van der Waals surface area (Å²) >= 11 is 0. The van der Waals surface area contributed by atoms with Gasteiger partial charge in [-0.15, -0.1) is 0 Å². The van der Waals surface area contributed by atoms with E-state index >= 15 is 0 Å². The van der Waals surface area contributed by atoms with Crippen molar-refractivity contribution in [2.24, 2.45) is 0 Å². The molecule has 1 aliphatic carbocycles. The van der Waals surface area contributed by atoms with E-state index in [1.165, 1.54) is 24.8 Å². The molecule has 0 amide bonds. The first-order valence-corrected chi connectivity index (χ1v) is 8.68. The third-order valence-electron chi connectivity index (χ3n) is 3.64. The van der Waals surface area contributed by atoms with Crippen molar-refractivity contribution in [2.75, 3.05) is 0 Å². The number of hydrogen-bond acceptors (Lipinski definition) is 0. The second-order valence-corrected chi connectivity index (χ2v) is 8.35. The minimum atomic E-state index is -0.315. The molecule has 0 aromatic carbocycles. The van der Waals surface area contributed by atoms with E-state index in [9.17, 15) is 0 Å². The zero-order chi connectivity index (χ0) is 9.52. The summed E-state index contributed by atoms with van der Waals surface area (Å²) in [6.07, 6.45) is 10.7. The first-order valence-electron chi connectivity index (χ1n) is 6.38. The molecule has 0 saturated heterocycles. The maximum Gasteiger partial charge on any atom is 0.0398 e. The lowest BCUT2D eigenvalue weighted by Gasteiger charge is -2.28. The molecule has 0 heterocycles. The Morgan fingerprint density at radius 1 is 0.923 bits per heavy atom. The van der Waals surface area contributed by atoms with Gasteiger partial charge in [-0.2, -0.15) is 0 Å². The van der Waals surface area contributed by atoms with Gasteiger partial charge in [0.1, 0.15) is 0 Å². The first-order chi connectivity index (χ1) is 6.38. The molecule has 0 unspecified atom stereocenters. The van der Waals surface area contributed by atoms with Gasteiger partial charge in [0.15, 0.2) is 0 Å². The Morgan fingerprint density at radius 3 is 1.92 bits per heavy atom. The molecule has 0 radical (unpaired) electrons. The van der Waals surface area contributed by atoms with Crippen LogP contribution in [0.15, 0.2) is 0 Å². The van der Waals surface area contributed by atoms with Crippen LogP contribution in [0.1, 0.15) is 58.8 Å². The lowest BCUT2D eigenvalue weighted by atomic mass is 10.0. The Labute approximate surface area is 85.7 Å². The summed E-state index contributed by atoms with van der Waals surface area (Å²) in [4.78, 5) is 0. The molecule has 1 aliphatic rings. The van der Waals surface area contributed by atoms with Crippen molar-refractivity contribution >= 4 is 8.80 Å². The van der Waals surface area contributed by atoms with Gasteiger partial charge in [0, 0.05) is 8.80 Å². The van der Waals surface area contributed by atoms with Crippen LogP contribution in [0, 0.1) is 0 Å². The Hall–Kier alpha value is 0.217. The molecule has 0 spiro atoms. The maximum absolute atomic E-state index is 2.37. The smallest absolute Gasteiger partial charge is 0.0398 e. The highest BCUT2D eigenvalue weighted by Crippen LogP contribution is 2.34. The van der Waals surface area contributed by atoms with Crippen LogP contribution in [0.3, 0.4) is 0 Å². The van der Waals surface area contributed by atoms with Crippen molar-refractivity contribution in [2.45, 2.75) is 76.4 Å². The predicted molar refractivity (Wildman–Crippen MR) is 64.2 cm³/mol. The fraction of sp³-hybridized carbons (Fsp3) is 1.00. The predicted octanol–water partition coefficient (Wildman–Crippen LogP) is 4.37. The second kappa shape index (κ2) is 6.64. The molecule has 0 aliphatic heterocycles. The molecule has 0 bridgehead atoms. The summed E-state index contributed by atoms with van der Waals surface area (Å²) in [5.41, 5.74) is 1.23. The minimum Gasteiger partial charge on any atom is -0.0657 e. The van der Waals surface area contributed by atoms with Crippen LogP contribution in [-0.2, 0) is 0 Å². The molecule has 78 valence electrons. The highest BCUT2D eigenvalue weighted by atomic mass is 28.3. The molecule has 1 fully saturated rings. The second-order valence-electron chi connectivity index (χ2n) is 4.74. The zero-order valence-corrected chi connectivity index (χ0v) is 10.7. The van der Waals surface area contributed by atoms with Crippen LogP contribution < -0.4 is 0 Å². The van der Waals surface area contributed by atoms with Crippen molar-refractivity contribution in [3.8, 4) is 0 Å². The third-order valence-corrected chi connectivity index (χ3v) is 8.27. The van der Waals surface area contributed by atoms with Gasteiger partial charge in [-0.05, 0) is 5.54 Å². The van der Waals surface area contributed by atoms with Crippen molar-refractivity contribution in [1.29, 1.82) is 0 Å². The van der Waals surface area contributed by atoms with E-state index in [1.54, 1.807) is 37.8 Å². The Bertz CT molecular complexity index is 110. The molecular weight excluding hydrogens is 172 g/mol. The van der Waals surface area contributed by atoms with E-state index in [0.29, 0.717) is 0 Å². The molecule has 0 N–H and O–H groups in total. The Morgan fingerprint density at radius 2 is 1.46 bits per heavy atom. The average Bonchev–Trinajstić information content (AvgIpc) is 2.19. The van der Waals surface area contributed by atoms with Gasteiger partial charge < -0.3 is 0 Å². The van der Waals surface area contributed by atoms with Gasteiger partial charge in [0.25, 0.3) is 0 Å². The number of rotatable bonds is 5. The maximum atomic E-state index is 2.37. The van der Waals surface area contributed by atoms with E-state index in [1.807, 2.05) is 0 Å². The molecule has 1 heteroatoms. The summed E-state index contributed by atoms with van der Waals surface area (Å²) in [6.45, 7) is 4.75. The van der Waals surface area contributed by atoms with Crippen LogP contribution in [-0.4, -0.2) is 8.80 Å². The first kappa shape index (κ1) is 11.3. The van der Waals surface area contributed by atoms with Crippen LogP contribution in [0.4, 0.5) is 0 Å². The van der Waals surface area contributed by atoms with E-state index < -0.39 is 0 Å². The molecule has 0 atom stereocenters. The quantitative estimate of drug-likeness (QED) is 0.576. The lowest BCUT2D eigenvalue weighted by molar-refractivity contribution is 0.493. The molecular formula is C12H26Si. The highest BCUT2D eigenvalue weighted by Gasteiger charge is 2.22. The molecule has 13 heavy (non-hydrogen) atoms. The minimum absolute atomic E-state index is 0.315. The van der Waals surface area contributed by atoms with Crippen molar-refractivity contribution < 1.29 is 0 Å². The monoisotopic (exact) mass is 198 g/mol. The molecule has 0 nitrogen and oxygen atoms in total.